The Morgan fingerprint density at radius 2 is 1.21 bits per heavy atom. The highest BCUT2D eigenvalue weighted by Gasteiger charge is 2.17. The average Bonchev–Trinajstić information content (AvgIpc) is 2.75. The summed E-state index contributed by atoms with van der Waals surface area (Å²) in [7, 11) is 0. The highest BCUT2D eigenvalue weighted by atomic mass is 79.9. The van der Waals surface area contributed by atoms with Gasteiger partial charge in [-0.1, -0.05) is 101 Å². The van der Waals surface area contributed by atoms with Gasteiger partial charge in [0.15, 0.2) is 0 Å². The predicted molar refractivity (Wildman–Crippen MR) is 122 cm³/mol. The Kier molecular flexibility index (Phi) is 4.14. The first-order valence-corrected chi connectivity index (χ1v) is 10.0. The Hall–Kier alpha value is -3.10. The number of hydrogen-bond acceptors (Lipinski definition) is 1. The van der Waals surface area contributed by atoms with E-state index in [-0.39, 0.29) is 0 Å². The molecule has 0 fully saturated rings. The maximum atomic E-state index is 11.1. The quantitative estimate of drug-likeness (QED) is 0.306. The normalized spacial score (nSPS) is 11.2. The van der Waals surface area contributed by atoms with Crippen molar-refractivity contribution in [1.82, 2.24) is 0 Å². The number of hydrogen-bond donors (Lipinski definition) is 1. The zero-order valence-electron chi connectivity index (χ0n) is 15.1. The Bertz CT molecular complexity index is 1320. The lowest BCUT2D eigenvalue weighted by molar-refractivity contribution is 0.483. The van der Waals surface area contributed by atoms with E-state index in [9.17, 15) is 5.11 Å². The van der Waals surface area contributed by atoms with Crippen LogP contribution in [0.2, 0.25) is 0 Å². The van der Waals surface area contributed by atoms with Crippen LogP contribution in [-0.4, -0.2) is 5.11 Å². The Morgan fingerprint density at radius 3 is 2.00 bits per heavy atom. The van der Waals surface area contributed by atoms with E-state index in [0.717, 1.165) is 48.3 Å². The molecule has 134 valence electrons. The zero-order valence-corrected chi connectivity index (χ0v) is 16.6. The summed E-state index contributed by atoms with van der Waals surface area (Å²) in [5.74, 6) is 0.317. The van der Waals surface area contributed by atoms with Crippen molar-refractivity contribution in [3.63, 3.8) is 0 Å². The fourth-order valence-electron chi connectivity index (χ4n) is 3.93. The van der Waals surface area contributed by atoms with Crippen molar-refractivity contribution in [3.8, 4) is 28.0 Å². The number of benzene rings is 5. The van der Waals surface area contributed by atoms with Crippen LogP contribution < -0.4 is 0 Å². The minimum absolute atomic E-state index is 0.317. The summed E-state index contributed by atoms with van der Waals surface area (Å²) in [6.45, 7) is 0. The average molecular weight is 425 g/mol. The lowest BCUT2D eigenvalue weighted by atomic mass is 9.88. The number of rotatable bonds is 2. The molecule has 0 aliphatic heterocycles. The first-order chi connectivity index (χ1) is 13.7. The van der Waals surface area contributed by atoms with Crippen molar-refractivity contribution in [2.45, 2.75) is 0 Å². The van der Waals surface area contributed by atoms with E-state index in [2.05, 4.69) is 76.6 Å². The van der Waals surface area contributed by atoms with E-state index in [1.807, 2.05) is 36.4 Å². The monoisotopic (exact) mass is 424 g/mol. The molecular weight excluding hydrogens is 408 g/mol. The van der Waals surface area contributed by atoms with Gasteiger partial charge in [-0.3, -0.25) is 0 Å². The molecule has 5 aromatic rings. The number of phenolic OH excluding ortho intramolecular Hbond substituents is 1. The summed E-state index contributed by atoms with van der Waals surface area (Å²) in [5.41, 5.74) is 4.11. The molecule has 1 N–H and O–H groups in total. The number of phenols is 1. The summed E-state index contributed by atoms with van der Waals surface area (Å²) in [4.78, 5) is 0. The second-order valence-corrected chi connectivity index (χ2v) is 7.73. The van der Waals surface area contributed by atoms with Gasteiger partial charge in [-0.25, -0.2) is 0 Å². The highest BCUT2D eigenvalue weighted by Crippen LogP contribution is 2.45. The van der Waals surface area contributed by atoms with E-state index in [0.29, 0.717) is 5.75 Å². The summed E-state index contributed by atoms with van der Waals surface area (Å²) in [6.07, 6.45) is 0. The molecule has 0 radical (unpaired) electrons. The summed E-state index contributed by atoms with van der Waals surface area (Å²) < 4.78 is 1.02. The standard InChI is InChI=1S/C26H17BrO/c27-24-16-23(22-15-14-17-8-4-5-11-19(17)26(22)28)25(18-9-2-1-3-10-18)21-13-7-6-12-20(21)24/h1-16,28H. The van der Waals surface area contributed by atoms with Gasteiger partial charge >= 0.3 is 0 Å². The van der Waals surface area contributed by atoms with Crippen molar-refractivity contribution in [3.05, 3.63) is 102 Å². The van der Waals surface area contributed by atoms with E-state index in [4.69, 9.17) is 0 Å². The van der Waals surface area contributed by atoms with Crippen LogP contribution in [0.3, 0.4) is 0 Å². The second kappa shape index (κ2) is 6.81. The molecule has 5 aromatic carbocycles. The van der Waals surface area contributed by atoms with Crippen LogP contribution in [0.5, 0.6) is 5.75 Å². The molecule has 0 aromatic heterocycles. The van der Waals surface area contributed by atoms with Crippen molar-refractivity contribution < 1.29 is 5.11 Å². The fourth-order valence-corrected chi connectivity index (χ4v) is 4.51. The third kappa shape index (κ3) is 2.69. The van der Waals surface area contributed by atoms with Crippen LogP contribution in [0.1, 0.15) is 0 Å². The molecule has 0 saturated carbocycles. The van der Waals surface area contributed by atoms with Gasteiger partial charge in [0.25, 0.3) is 0 Å². The minimum atomic E-state index is 0.317. The van der Waals surface area contributed by atoms with Crippen molar-refractivity contribution in [2.75, 3.05) is 0 Å². The topological polar surface area (TPSA) is 20.2 Å². The van der Waals surface area contributed by atoms with Gasteiger partial charge in [-0.05, 0) is 45.0 Å². The van der Waals surface area contributed by atoms with Crippen LogP contribution >= 0.6 is 15.9 Å². The highest BCUT2D eigenvalue weighted by molar-refractivity contribution is 9.10. The maximum absolute atomic E-state index is 11.1. The molecule has 2 heteroatoms. The first kappa shape index (κ1) is 17.0. The summed E-state index contributed by atoms with van der Waals surface area (Å²) >= 11 is 3.74. The lowest BCUT2D eigenvalue weighted by Crippen LogP contribution is -1.90. The van der Waals surface area contributed by atoms with Crippen LogP contribution in [-0.2, 0) is 0 Å². The molecule has 0 aliphatic carbocycles. The van der Waals surface area contributed by atoms with Gasteiger partial charge in [-0.15, -0.1) is 0 Å². The van der Waals surface area contributed by atoms with Crippen molar-refractivity contribution >= 4 is 37.5 Å². The van der Waals surface area contributed by atoms with Crippen LogP contribution in [0, 0.1) is 0 Å². The predicted octanol–water partition coefficient (Wildman–Crippen LogP) is 7.80. The van der Waals surface area contributed by atoms with E-state index < -0.39 is 0 Å². The van der Waals surface area contributed by atoms with Gasteiger partial charge in [0.2, 0.25) is 0 Å². The zero-order chi connectivity index (χ0) is 19.1. The Labute approximate surface area is 172 Å². The molecule has 0 heterocycles. The number of aromatic hydroxyl groups is 1. The van der Waals surface area contributed by atoms with Gasteiger partial charge in [0.1, 0.15) is 5.75 Å². The first-order valence-electron chi connectivity index (χ1n) is 9.22. The molecule has 0 aliphatic rings. The number of halogens is 1. The number of fused-ring (bicyclic) bond motifs is 2. The van der Waals surface area contributed by atoms with Crippen LogP contribution in [0.15, 0.2) is 102 Å². The van der Waals surface area contributed by atoms with Gasteiger partial charge in [-0.2, -0.15) is 0 Å². The third-order valence-electron chi connectivity index (χ3n) is 5.25. The molecule has 1 nitrogen and oxygen atoms in total. The molecule has 0 amide bonds. The Balaban J connectivity index is 1.92. The maximum Gasteiger partial charge on any atom is 0.131 e. The molecule has 0 unspecified atom stereocenters. The molecule has 5 rings (SSSR count). The minimum Gasteiger partial charge on any atom is -0.507 e. The van der Waals surface area contributed by atoms with E-state index in [1.165, 1.54) is 0 Å². The van der Waals surface area contributed by atoms with Crippen molar-refractivity contribution in [2.24, 2.45) is 0 Å². The molecule has 0 bridgehead atoms. The second-order valence-electron chi connectivity index (χ2n) is 6.88. The largest absolute Gasteiger partial charge is 0.507 e. The molecule has 0 atom stereocenters. The van der Waals surface area contributed by atoms with E-state index >= 15 is 0 Å². The van der Waals surface area contributed by atoms with Crippen LogP contribution in [0.4, 0.5) is 0 Å². The van der Waals surface area contributed by atoms with Gasteiger partial charge in [0, 0.05) is 15.4 Å². The van der Waals surface area contributed by atoms with Gasteiger partial charge < -0.3 is 5.11 Å². The SMILES string of the molecule is Oc1c(-c2cc(Br)c3ccccc3c2-c2ccccc2)ccc2ccccc12. The molecule has 0 spiro atoms. The van der Waals surface area contributed by atoms with Crippen LogP contribution in [0.25, 0.3) is 43.8 Å². The van der Waals surface area contributed by atoms with Crippen molar-refractivity contribution in [1.29, 1.82) is 0 Å². The smallest absolute Gasteiger partial charge is 0.131 e. The van der Waals surface area contributed by atoms with E-state index in [1.54, 1.807) is 0 Å². The lowest BCUT2D eigenvalue weighted by Gasteiger charge is -2.17. The molecule has 0 saturated heterocycles. The summed E-state index contributed by atoms with van der Waals surface area (Å²) in [6, 6.07) is 32.9. The Morgan fingerprint density at radius 1 is 0.571 bits per heavy atom. The third-order valence-corrected chi connectivity index (χ3v) is 5.90. The summed E-state index contributed by atoms with van der Waals surface area (Å²) in [5, 5.41) is 15.3. The molecular formula is C26H17BrO. The van der Waals surface area contributed by atoms with Gasteiger partial charge in [0.05, 0.1) is 0 Å². The molecule has 28 heavy (non-hydrogen) atoms. The fraction of sp³-hybridized carbons (Fsp3) is 0.